The first-order valence-electron chi connectivity index (χ1n) is 7.50. The molecule has 1 heterocycles. The van der Waals surface area contributed by atoms with Crippen LogP contribution in [0.1, 0.15) is 28.5 Å². The van der Waals surface area contributed by atoms with E-state index in [1.165, 1.54) is 11.1 Å². The van der Waals surface area contributed by atoms with Crippen LogP contribution in [-0.4, -0.2) is 14.7 Å². The number of hydrogen-bond acceptors (Lipinski definition) is 2. The number of aliphatic hydroxyl groups excluding tert-OH is 1. The van der Waals surface area contributed by atoms with Crippen molar-refractivity contribution in [1.29, 1.82) is 0 Å². The molecule has 112 valence electrons. The molecule has 3 nitrogen and oxygen atoms in total. The summed E-state index contributed by atoms with van der Waals surface area (Å²) in [5.41, 5.74) is 4.47. The molecule has 0 amide bonds. The van der Waals surface area contributed by atoms with E-state index in [1.54, 1.807) is 0 Å². The minimum atomic E-state index is -0.505. The van der Waals surface area contributed by atoms with Crippen molar-refractivity contribution in [2.45, 2.75) is 26.0 Å². The van der Waals surface area contributed by atoms with Crippen molar-refractivity contribution >= 4 is 0 Å². The monoisotopic (exact) mass is 292 g/mol. The Morgan fingerprint density at radius 3 is 2.50 bits per heavy atom. The molecule has 1 N–H and O–H groups in total. The van der Waals surface area contributed by atoms with E-state index in [0.717, 1.165) is 17.8 Å². The van der Waals surface area contributed by atoms with Crippen molar-refractivity contribution in [2.75, 3.05) is 0 Å². The zero-order valence-corrected chi connectivity index (χ0v) is 12.7. The van der Waals surface area contributed by atoms with Crippen molar-refractivity contribution < 1.29 is 5.11 Å². The van der Waals surface area contributed by atoms with Gasteiger partial charge in [0.2, 0.25) is 0 Å². The number of nitrogens with zero attached hydrogens (tertiary/aromatic N) is 2. The van der Waals surface area contributed by atoms with Crippen LogP contribution >= 0.6 is 0 Å². The van der Waals surface area contributed by atoms with Crippen LogP contribution in [-0.2, 0) is 13.0 Å². The van der Waals surface area contributed by atoms with E-state index in [0.29, 0.717) is 6.42 Å². The van der Waals surface area contributed by atoms with Gasteiger partial charge in [-0.25, -0.2) is 4.98 Å². The molecule has 0 aliphatic heterocycles. The summed E-state index contributed by atoms with van der Waals surface area (Å²) in [5.74, 6) is 0. The van der Waals surface area contributed by atoms with Crippen molar-refractivity contribution in [2.24, 2.45) is 0 Å². The molecule has 0 radical (unpaired) electrons. The topological polar surface area (TPSA) is 38.0 Å². The predicted molar refractivity (Wildman–Crippen MR) is 87.6 cm³/mol. The van der Waals surface area contributed by atoms with E-state index < -0.39 is 6.10 Å². The molecule has 3 heteroatoms. The van der Waals surface area contributed by atoms with E-state index in [1.807, 2.05) is 42.9 Å². The second-order valence-electron chi connectivity index (χ2n) is 5.63. The molecular formula is C19H20N2O. The van der Waals surface area contributed by atoms with Gasteiger partial charge in [-0.05, 0) is 18.1 Å². The molecule has 22 heavy (non-hydrogen) atoms. The number of rotatable bonds is 5. The molecule has 1 unspecified atom stereocenters. The summed E-state index contributed by atoms with van der Waals surface area (Å²) in [4.78, 5) is 4.23. The molecule has 0 spiro atoms. The van der Waals surface area contributed by atoms with Gasteiger partial charge in [-0.1, -0.05) is 60.2 Å². The molecule has 0 saturated carbocycles. The van der Waals surface area contributed by atoms with Gasteiger partial charge in [0.05, 0.1) is 12.4 Å². The van der Waals surface area contributed by atoms with Crippen LogP contribution in [0, 0.1) is 6.92 Å². The third-order valence-electron chi connectivity index (χ3n) is 3.86. The molecule has 1 aromatic heterocycles. The number of aromatic nitrogens is 2. The number of benzene rings is 2. The van der Waals surface area contributed by atoms with Gasteiger partial charge in [0.15, 0.2) is 0 Å². The fourth-order valence-electron chi connectivity index (χ4n) is 2.54. The zero-order chi connectivity index (χ0) is 15.4. The number of aliphatic hydroxyl groups is 1. The highest BCUT2D eigenvalue weighted by Gasteiger charge is 2.11. The molecule has 0 bridgehead atoms. The molecule has 0 aliphatic carbocycles. The van der Waals surface area contributed by atoms with Gasteiger partial charge in [0.25, 0.3) is 0 Å². The van der Waals surface area contributed by atoms with E-state index >= 15 is 0 Å². The normalized spacial score (nSPS) is 12.3. The molecule has 0 fully saturated rings. The molecule has 3 aromatic rings. The minimum Gasteiger partial charge on any atom is -0.388 e. The minimum absolute atomic E-state index is 0.505. The lowest BCUT2D eigenvalue weighted by Gasteiger charge is -2.13. The Hall–Kier alpha value is -2.39. The van der Waals surface area contributed by atoms with Crippen molar-refractivity contribution in [3.05, 3.63) is 89.5 Å². The lowest BCUT2D eigenvalue weighted by atomic mass is 10.1. The second-order valence-corrected chi connectivity index (χ2v) is 5.63. The Balaban J connectivity index is 1.73. The molecule has 3 rings (SSSR count). The van der Waals surface area contributed by atoms with Crippen LogP contribution in [0.2, 0.25) is 0 Å². The molecule has 0 aliphatic rings. The highest BCUT2D eigenvalue weighted by atomic mass is 16.3. The summed E-state index contributed by atoms with van der Waals surface area (Å²) < 4.78 is 2.09. The van der Waals surface area contributed by atoms with Gasteiger partial charge < -0.3 is 9.67 Å². The smallest absolute Gasteiger partial charge is 0.0951 e. The summed E-state index contributed by atoms with van der Waals surface area (Å²) in [6, 6.07) is 18.2. The summed E-state index contributed by atoms with van der Waals surface area (Å²) in [5, 5.41) is 10.4. The first-order valence-corrected chi connectivity index (χ1v) is 7.50. The Labute approximate surface area is 130 Å². The van der Waals surface area contributed by atoms with Gasteiger partial charge in [0.1, 0.15) is 0 Å². The molecule has 2 aromatic carbocycles. The highest BCUT2D eigenvalue weighted by Crippen LogP contribution is 2.18. The lowest BCUT2D eigenvalue weighted by molar-refractivity contribution is 0.176. The maximum Gasteiger partial charge on any atom is 0.0951 e. The van der Waals surface area contributed by atoms with E-state index in [9.17, 15) is 5.11 Å². The Kier molecular flexibility index (Phi) is 4.35. The Morgan fingerprint density at radius 2 is 1.77 bits per heavy atom. The van der Waals surface area contributed by atoms with Gasteiger partial charge in [-0.3, -0.25) is 0 Å². The van der Waals surface area contributed by atoms with Crippen LogP contribution in [0.3, 0.4) is 0 Å². The lowest BCUT2D eigenvalue weighted by Crippen LogP contribution is -2.08. The van der Waals surface area contributed by atoms with Crippen molar-refractivity contribution in [1.82, 2.24) is 9.55 Å². The second kappa shape index (κ2) is 6.58. The number of aryl methyl sites for hydroxylation is 1. The SMILES string of the molecule is Cc1ccc(Cn2cncc2CC(O)c2ccccc2)cc1. The van der Waals surface area contributed by atoms with E-state index in [4.69, 9.17) is 0 Å². The maximum atomic E-state index is 10.4. The van der Waals surface area contributed by atoms with Gasteiger partial charge in [0, 0.05) is 24.9 Å². The predicted octanol–water partition coefficient (Wildman–Crippen LogP) is 3.52. The van der Waals surface area contributed by atoms with Crippen LogP contribution in [0.5, 0.6) is 0 Å². The van der Waals surface area contributed by atoms with Crippen molar-refractivity contribution in [3.63, 3.8) is 0 Å². The van der Waals surface area contributed by atoms with E-state index in [2.05, 4.69) is 40.7 Å². The maximum absolute atomic E-state index is 10.4. The van der Waals surface area contributed by atoms with Crippen molar-refractivity contribution in [3.8, 4) is 0 Å². The number of hydrogen-bond donors (Lipinski definition) is 1. The molecule has 0 saturated heterocycles. The first kappa shape index (κ1) is 14.5. The Bertz CT molecular complexity index is 717. The molecular weight excluding hydrogens is 272 g/mol. The fourth-order valence-corrected chi connectivity index (χ4v) is 2.54. The highest BCUT2D eigenvalue weighted by molar-refractivity contribution is 5.23. The third kappa shape index (κ3) is 3.43. The third-order valence-corrected chi connectivity index (χ3v) is 3.86. The summed E-state index contributed by atoms with van der Waals surface area (Å²) >= 11 is 0. The average Bonchev–Trinajstić information content (AvgIpc) is 2.97. The zero-order valence-electron chi connectivity index (χ0n) is 12.7. The standard InChI is InChI=1S/C19H20N2O/c1-15-7-9-16(10-8-15)13-21-14-20-12-18(21)11-19(22)17-5-3-2-4-6-17/h2-10,12,14,19,22H,11,13H2,1H3. The quantitative estimate of drug-likeness (QED) is 0.781. The summed E-state index contributed by atoms with van der Waals surface area (Å²) in [7, 11) is 0. The van der Waals surface area contributed by atoms with Gasteiger partial charge in [-0.2, -0.15) is 0 Å². The van der Waals surface area contributed by atoms with Crippen LogP contribution in [0.4, 0.5) is 0 Å². The van der Waals surface area contributed by atoms with Crippen LogP contribution < -0.4 is 0 Å². The largest absolute Gasteiger partial charge is 0.388 e. The summed E-state index contributed by atoms with van der Waals surface area (Å²) in [6.07, 6.45) is 3.72. The summed E-state index contributed by atoms with van der Waals surface area (Å²) in [6.45, 7) is 2.86. The fraction of sp³-hybridized carbons (Fsp3) is 0.211. The van der Waals surface area contributed by atoms with E-state index in [-0.39, 0.29) is 0 Å². The number of imidazole rings is 1. The average molecular weight is 292 g/mol. The molecule has 1 atom stereocenters. The first-order chi connectivity index (χ1) is 10.7. The Morgan fingerprint density at radius 1 is 1.05 bits per heavy atom. The van der Waals surface area contributed by atoms with Gasteiger partial charge in [-0.15, -0.1) is 0 Å². The van der Waals surface area contributed by atoms with Crippen LogP contribution in [0.15, 0.2) is 67.1 Å². The van der Waals surface area contributed by atoms with Crippen LogP contribution in [0.25, 0.3) is 0 Å². The van der Waals surface area contributed by atoms with Gasteiger partial charge >= 0.3 is 0 Å².